The van der Waals surface area contributed by atoms with E-state index in [4.69, 9.17) is 0 Å². The highest BCUT2D eigenvalue weighted by atomic mass is 16.2. The second kappa shape index (κ2) is 8.28. The van der Waals surface area contributed by atoms with Gasteiger partial charge in [-0.25, -0.2) is 4.79 Å². The Kier molecular flexibility index (Phi) is 6.30. The molecule has 4 nitrogen and oxygen atoms in total. The van der Waals surface area contributed by atoms with Gasteiger partial charge in [0.1, 0.15) is 0 Å². The molecule has 0 N–H and O–H groups in total. The van der Waals surface area contributed by atoms with Gasteiger partial charge in [0, 0.05) is 45.3 Å². The summed E-state index contributed by atoms with van der Waals surface area (Å²) in [5.41, 5.74) is 0. The van der Waals surface area contributed by atoms with Gasteiger partial charge in [0.25, 0.3) is 0 Å². The van der Waals surface area contributed by atoms with Crippen molar-refractivity contribution in [3.8, 4) is 0 Å². The SMILES string of the molecule is CC(C)C1CCC(N2CCN(C(=O)N3CC[C@H](C(C)C)C3)CC2)CC1. The molecule has 0 radical (unpaired) electrons. The summed E-state index contributed by atoms with van der Waals surface area (Å²) in [6.45, 7) is 15.2. The summed E-state index contributed by atoms with van der Waals surface area (Å²) < 4.78 is 0. The van der Waals surface area contributed by atoms with Crippen LogP contribution in [-0.4, -0.2) is 66.0 Å². The molecule has 2 aliphatic heterocycles. The van der Waals surface area contributed by atoms with Crippen molar-refractivity contribution in [1.29, 1.82) is 0 Å². The Balaban J connectivity index is 1.42. The van der Waals surface area contributed by atoms with Gasteiger partial charge in [0.05, 0.1) is 0 Å². The topological polar surface area (TPSA) is 26.8 Å². The first-order valence-electron chi connectivity index (χ1n) is 10.7. The molecule has 0 aromatic rings. The minimum atomic E-state index is 0.298. The van der Waals surface area contributed by atoms with E-state index in [1.165, 1.54) is 32.1 Å². The van der Waals surface area contributed by atoms with E-state index in [-0.39, 0.29) is 0 Å². The Bertz CT molecular complexity index is 434. The smallest absolute Gasteiger partial charge is 0.320 e. The number of carbonyl (C=O) groups is 1. The van der Waals surface area contributed by atoms with Crippen LogP contribution in [0.5, 0.6) is 0 Å². The Morgan fingerprint density at radius 1 is 0.720 bits per heavy atom. The van der Waals surface area contributed by atoms with Crippen LogP contribution in [0.4, 0.5) is 4.79 Å². The van der Waals surface area contributed by atoms with Crippen molar-refractivity contribution in [2.24, 2.45) is 23.7 Å². The number of rotatable bonds is 3. The van der Waals surface area contributed by atoms with E-state index in [0.717, 1.165) is 57.1 Å². The monoisotopic (exact) mass is 349 g/mol. The molecular weight excluding hydrogens is 310 g/mol. The van der Waals surface area contributed by atoms with Crippen LogP contribution in [0.25, 0.3) is 0 Å². The number of piperazine rings is 1. The first-order valence-corrected chi connectivity index (χ1v) is 10.7. The maximum Gasteiger partial charge on any atom is 0.320 e. The van der Waals surface area contributed by atoms with E-state index in [2.05, 4.69) is 42.4 Å². The van der Waals surface area contributed by atoms with E-state index in [0.29, 0.717) is 17.9 Å². The second-order valence-electron chi connectivity index (χ2n) is 9.36. The molecule has 144 valence electrons. The average molecular weight is 350 g/mol. The van der Waals surface area contributed by atoms with Gasteiger partial charge in [-0.05, 0) is 55.8 Å². The zero-order valence-corrected chi connectivity index (χ0v) is 16.9. The molecule has 3 rings (SSSR count). The fraction of sp³-hybridized carbons (Fsp3) is 0.952. The molecule has 0 aromatic carbocycles. The standard InChI is InChI=1S/C21H39N3O/c1-16(2)18-5-7-20(8-6-18)22-11-13-23(14-12-22)21(25)24-10-9-19(15-24)17(3)4/h16-20H,5-15H2,1-4H3/t18?,19-,20?/m0/s1. The van der Waals surface area contributed by atoms with Crippen molar-refractivity contribution >= 4 is 6.03 Å². The summed E-state index contributed by atoms with van der Waals surface area (Å²) in [5.74, 6) is 3.16. The summed E-state index contributed by atoms with van der Waals surface area (Å²) in [5, 5.41) is 0. The molecule has 2 amide bonds. The summed E-state index contributed by atoms with van der Waals surface area (Å²) in [4.78, 5) is 19.7. The van der Waals surface area contributed by atoms with Gasteiger partial charge >= 0.3 is 6.03 Å². The third kappa shape index (κ3) is 4.50. The van der Waals surface area contributed by atoms with Gasteiger partial charge in [0.2, 0.25) is 0 Å². The predicted octanol–water partition coefficient (Wildman–Crippen LogP) is 3.92. The van der Waals surface area contributed by atoms with Crippen molar-refractivity contribution in [1.82, 2.24) is 14.7 Å². The van der Waals surface area contributed by atoms with Gasteiger partial charge in [-0.3, -0.25) is 4.90 Å². The molecule has 0 aromatic heterocycles. The van der Waals surface area contributed by atoms with Crippen LogP contribution in [0, 0.1) is 23.7 Å². The van der Waals surface area contributed by atoms with Crippen LogP contribution in [0.3, 0.4) is 0 Å². The molecule has 0 spiro atoms. The van der Waals surface area contributed by atoms with Crippen molar-refractivity contribution in [2.75, 3.05) is 39.3 Å². The lowest BCUT2D eigenvalue weighted by Gasteiger charge is -2.43. The zero-order valence-electron chi connectivity index (χ0n) is 16.9. The Labute approximate surface area is 154 Å². The van der Waals surface area contributed by atoms with E-state index >= 15 is 0 Å². The molecule has 4 heteroatoms. The number of urea groups is 1. The van der Waals surface area contributed by atoms with Crippen molar-refractivity contribution in [2.45, 2.75) is 65.8 Å². The van der Waals surface area contributed by atoms with E-state index in [1.54, 1.807) is 0 Å². The normalized spacial score (nSPS) is 32.0. The van der Waals surface area contributed by atoms with Crippen LogP contribution in [0.1, 0.15) is 59.8 Å². The summed E-state index contributed by atoms with van der Waals surface area (Å²) in [7, 11) is 0. The second-order valence-corrected chi connectivity index (χ2v) is 9.36. The third-order valence-corrected chi connectivity index (χ3v) is 7.22. The number of nitrogens with zero attached hydrogens (tertiary/aromatic N) is 3. The maximum atomic E-state index is 12.8. The highest BCUT2D eigenvalue weighted by Gasteiger charge is 2.34. The molecule has 0 bridgehead atoms. The van der Waals surface area contributed by atoms with Crippen LogP contribution < -0.4 is 0 Å². The van der Waals surface area contributed by atoms with Gasteiger partial charge in [-0.1, -0.05) is 27.7 Å². The van der Waals surface area contributed by atoms with Crippen molar-refractivity contribution in [3.63, 3.8) is 0 Å². The van der Waals surface area contributed by atoms with Gasteiger partial charge in [-0.2, -0.15) is 0 Å². The molecule has 1 saturated carbocycles. The molecule has 0 unspecified atom stereocenters. The van der Waals surface area contributed by atoms with E-state index in [9.17, 15) is 4.79 Å². The first-order chi connectivity index (χ1) is 12.0. The molecule has 2 heterocycles. The fourth-order valence-electron chi connectivity index (χ4n) is 5.12. The van der Waals surface area contributed by atoms with Gasteiger partial charge < -0.3 is 9.80 Å². The van der Waals surface area contributed by atoms with E-state index < -0.39 is 0 Å². The Morgan fingerprint density at radius 3 is 1.84 bits per heavy atom. The number of likely N-dealkylation sites (tertiary alicyclic amines) is 1. The van der Waals surface area contributed by atoms with Gasteiger partial charge in [-0.15, -0.1) is 0 Å². The number of amides is 2. The molecule has 25 heavy (non-hydrogen) atoms. The van der Waals surface area contributed by atoms with Crippen LogP contribution in [0.15, 0.2) is 0 Å². The Hall–Kier alpha value is -0.770. The zero-order chi connectivity index (χ0) is 18.0. The lowest BCUT2D eigenvalue weighted by Crippen LogP contribution is -2.55. The number of carbonyl (C=O) groups excluding carboxylic acids is 1. The lowest BCUT2D eigenvalue weighted by molar-refractivity contribution is 0.0681. The molecular formula is C21H39N3O. The van der Waals surface area contributed by atoms with Gasteiger partial charge in [0.15, 0.2) is 0 Å². The minimum absolute atomic E-state index is 0.298. The van der Waals surface area contributed by atoms with Crippen molar-refractivity contribution in [3.05, 3.63) is 0 Å². The van der Waals surface area contributed by atoms with E-state index in [1.807, 2.05) is 0 Å². The summed E-state index contributed by atoms with van der Waals surface area (Å²) >= 11 is 0. The molecule has 3 aliphatic rings. The highest BCUT2D eigenvalue weighted by molar-refractivity contribution is 5.74. The number of hydrogen-bond donors (Lipinski definition) is 0. The van der Waals surface area contributed by atoms with Crippen LogP contribution in [-0.2, 0) is 0 Å². The average Bonchev–Trinajstić information content (AvgIpc) is 3.12. The van der Waals surface area contributed by atoms with Crippen molar-refractivity contribution < 1.29 is 4.79 Å². The molecule has 2 saturated heterocycles. The van der Waals surface area contributed by atoms with Crippen LogP contribution >= 0.6 is 0 Å². The summed E-state index contributed by atoms with van der Waals surface area (Å²) in [6.07, 6.45) is 6.69. The predicted molar refractivity (Wildman–Crippen MR) is 104 cm³/mol. The molecule has 1 atom stereocenters. The largest absolute Gasteiger partial charge is 0.324 e. The Morgan fingerprint density at radius 2 is 1.32 bits per heavy atom. The third-order valence-electron chi connectivity index (χ3n) is 7.22. The first kappa shape index (κ1) is 19.0. The molecule has 1 aliphatic carbocycles. The summed E-state index contributed by atoms with van der Waals surface area (Å²) in [6, 6.07) is 1.07. The maximum absolute atomic E-state index is 12.8. The van der Waals surface area contributed by atoms with Crippen LogP contribution in [0.2, 0.25) is 0 Å². The fourth-order valence-corrected chi connectivity index (χ4v) is 5.12. The molecule has 3 fully saturated rings. The number of hydrogen-bond acceptors (Lipinski definition) is 2. The lowest BCUT2D eigenvalue weighted by atomic mass is 9.79. The quantitative estimate of drug-likeness (QED) is 0.772. The minimum Gasteiger partial charge on any atom is -0.324 e. The highest BCUT2D eigenvalue weighted by Crippen LogP contribution is 2.32.